The number of carbonyl (C=O) groups is 1. The monoisotopic (exact) mass is 433 g/mol. The molecule has 2 aromatic heterocycles. The molecule has 0 aromatic carbocycles. The summed E-state index contributed by atoms with van der Waals surface area (Å²) >= 11 is 0. The van der Waals surface area contributed by atoms with Crippen LogP contribution in [-0.4, -0.2) is 47.0 Å². The summed E-state index contributed by atoms with van der Waals surface area (Å²) in [5.41, 5.74) is 4.73. The topological polar surface area (TPSA) is 135 Å². The van der Waals surface area contributed by atoms with Crippen molar-refractivity contribution in [1.29, 1.82) is 0 Å². The number of rotatable bonds is 3. The summed E-state index contributed by atoms with van der Waals surface area (Å²) in [5.74, 6) is 0.338. The number of anilines is 1. The number of aryl methyl sites for hydroxylation is 1. The van der Waals surface area contributed by atoms with Gasteiger partial charge in [0.25, 0.3) is 10.0 Å². The summed E-state index contributed by atoms with van der Waals surface area (Å²) in [6, 6.07) is -0.826. The van der Waals surface area contributed by atoms with Crippen molar-refractivity contribution in [3.8, 4) is 5.88 Å². The van der Waals surface area contributed by atoms with E-state index >= 15 is 0 Å². The van der Waals surface area contributed by atoms with Crippen molar-refractivity contribution in [2.45, 2.75) is 62.5 Å². The maximum absolute atomic E-state index is 12.8. The number of fused-ring (bicyclic) bond motifs is 3. The van der Waals surface area contributed by atoms with Gasteiger partial charge < -0.3 is 15.2 Å². The number of nitrogens with one attached hydrogen (secondary N) is 2. The SMILES string of the molecule is CC1CCc2c1nc1c(c2NC(=O)NS(=O)(=O)c2cnn3c2OCC(O)C3)CCC1. The number of ether oxygens (including phenoxy) is 1. The zero-order valence-electron chi connectivity index (χ0n) is 16.5. The van der Waals surface area contributed by atoms with Crippen LogP contribution in [0.2, 0.25) is 0 Å². The van der Waals surface area contributed by atoms with E-state index in [4.69, 9.17) is 9.72 Å². The third-order valence-electron chi connectivity index (χ3n) is 5.96. The van der Waals surface area contributed by atoms with Crippen LogP contribution in [0.3, 0.4) is 0 Å². The van der Waals surface area contributed by atoms with Crippen LogP contribution < -0.4 is 14.8 Å². The van der Waals surface area contributed by atoms with Crippen molar-refractivity contribution < 1.29 is 23.1 Å². The van der Waals surface area contributed by atoms with Gasteiger partial charge in [0, 0.05) is 11.4 Å². The van der Waals surface area contributed by atoms with Crippen LogP contribution in [0.15, 0.2) is 11.1 Å². The largest absolute Gasteiger partial charge is 0.474 e. The lowest BCUT2D eigenvalue weighted by atomic mass is 10.0. The number of carbonyl (C=O) groups excluding carboxylic acids is 1. The summed E-state index contributed by atoms with van der Waals surface area (Å²) in [6.45, 7) is 2.22. The van der Waals surface area contributed by atoms with E-state index in [9.17, 15) is 18.3 Å². The van der Waals surface area contributed by atoms with Crippen LogP contribution in [0.1, 0.15) is 48.2 Å². The van der Waals surface area contributed by atoms with Crippen LogP contribution in [0.5, 0.6) is 5.88 Å². The van der Waals surface area contributed by atoms with Gasteiger partial charge in [0.1, 0.15) is 12.7 Å². The zero-order chi connectivity index (χ0) is 21.0. The molecule has 5 rings (SSSR count). The van der Waals surface area contributed by atoms with Crippen molar-refractivity contribution >= 4 is 21.7 Å². The summed E-state index contributed by atoms with van der Waals surface area (Å²) in [4.78, 5) is 17.3. The molecule has 2 amide bonds. The van der Waals surface area contributed by atoms with E-state index in [1.807, 2.05) is 0 Å². The zero-order valence-corrected chi connectivity index (χ0v) is 17.3. The molecule has 11 heteroatoms. The molecule has 2 unspecified atom stereocenters. The molecule has 0 bridgehead atoms. The Bertz CT molecular complexity index is 1140. The smallest absolute Gasteiger partial charge is 0.333 e. The Balaban J connectivity index is 1.41. The van der Waals surface area contributed by atoms with Crippen molar-refractivity contribution in [3.05, 3.63) is 28.7 Å². The van der Waals surface area contributed by atoms with E-state index < -0.39 is 22.2 Å². The second kappa shape index (κ2) is 6.95. The lowest BCUT2D eigenvalue weighted by molar-refractivity contribution is 0.0537. The lowest BCUT2D eigenvalue weighted by Crippen LogP contribution is -2.36. The molecule has 3 heterocycles. The molecule has 0 saturated heterocycles. The normalized spacial score (nSPS) is 22.1. The highest BCUT2D eigenvalue weighted by atomic mass is 32.2. The van der Waals surface area contributed by atoms with Gasteiger partial charge >= 0.3 is 6.03 Å². The summed E-state index contributed by atoms with van der Waals surface area (Å²) in [5, 5.41) is 16.4. The van der Waals surface area contributed by atoms with Gasteiger partial charge in [0.05, 0.1) is 18.4 Å². The van der Waals surface area contributed by atoms with Crippen molar-refractivity contribution in [2.75, 3.05) is 11.9 Å². The molecule has 2 atom stereocenters. The Hall–Kier alpha value is -2.66. The molecule has 0 saturated carbocycles. The molecule has 0 fully saturated rings. The van der Waals surface area contributed by atoms with Gasteiger partial charge in [0.2, 0.25) is 5.88 Å². The molecule has 2 aromatic rings. The number of amides is 2. The van der Waals surface area contributed by atoms with E-state index in [0.29, 0.717) is 11.6 Å². The number of aliphatic hydroxyl groups is 1. The van der Waals surface area contributed by atoms with Crippen LogP contribution in [0.4, 0.5) is 10.5 Å². The first-order chi connectivity index (χ1) is 14.3. The van der Waals surface area contributed by atoms with Crippen LogP contribution >= 0.6 is 0 Å². The van der Waals surface area contributed by atoms with E-state index in [0.717, 1.165) is 60.8 Å². The predicted octanol–water partition coefficient (Wildman–Crippen LogP) is 1.08. The number of aromatic nitrogens is 3. The molecule has 160 valence electrons. The van der Waals surface area contributed by atoms with Gasteiger partial charge in [-0.25, -0.2) is 22.6 Å². The highest BCUT2D eigenvalue weighted by Crippen LogP contribution is 2.41. The van der Waals surface area contributed by atoms with E-state index in [2.05, 4.69) is 22.1 Å². The number of aliphatic hydroxyl groups excluding tert-OH is 1. The van der Waals surface area contributed by atoms with Gasteiger partial charge in [-0.05, 0) is 49.1 Å². The number of nitrogens with zero attached hydrogens (tertiary/aromatic N) is 3. The summed E-state index contributed by atoms with van der Waals surface area (Å²) in [7, 11) is -4.20. The summed E-state index contributed by atoms with van der Waals surface area (Å²) in [6.07, 6.45) is 4.79. The fourth-order valence-corrected chi connectivity index (χ4v) is 5.50. The number of hydrogen-bond acceptors (Lipinski definition) is 7. The molecule has 10 nitrogen and oxygen atoms in total. The first-order valence-corrected chi connectivity index (χ1v) is 11.6. The second-order valence-corrected chi connectivity index (χ2v) is 9.74. The van der Waals surface area contributed by atoms with Gasteiger partial charge in [-0.1, -0.05) is 6.92 Å². The fraction of sp³-hybridized carbons (Fsp3) is 0.526. The average molecular weight is 433 g/mol. The molecule has 3 N–H and O–H groups in total. The minimum absolute atomic E-state index is 0.0140. The highest BCUT2D eigenvalue weighted by Gasteiger charge is 2.33. The van der Waals surface area contributed by atoms with E-state index in [1.54, 1.807) is 0 Å². The van der Waals surface area contributed by atoms with Crippen molar-refractivity contribution in [1.82, 2.24) is 19.5 Å². The fourth-order valence-electron chi connectivity index (χ4n) is 4.51. The number of pyridine rings is 1. The second-order valence-electron chi connectivity index (χ2n) is 8.09. The number of sulfonamides is 1. The lowest BCUT2D eigenvalue weighted by Gasteiger charge is -2.20. The standard InChI is InChI=1S/C19H23N5O5S/c1-10-5-6-13-16(10)21-14-4-2-3-12(14)17(13)22-19(26)23-30(27,28)15-7-20-24-8-11(25)9-29-18(15)24/h7,10-11,25H,2-6,8-9H2,1H3,(H2,21,22,23,26). The van der Waals surface area contributed by atoms with Gasteiger partial charge in [-0.3, -0.25) is 4.98 Å². The Labute approximate surface area is 173 Å². The molecule has 30 heavy (non-hydrogen) atoms. The maximum atomic E-state index is 12.8. The molecule has 2 aliphatic carbocycles. The first kappa shape index (κ1) is 19.3. The van der Waals surface area contributed by atoms with Gasteiger partial charge in [-0.2, -0.15) is 5.10 Å². The minimum Gasteiger partial charge on any atom is -0.474 e. The highest BCUT2D eigenvalue weighted by molar-refractivity contribution is 7.90. The first-order valence-electron chi connectivity index (χ1n) is 10.1. The minimum atomic E-state index is -4.20. The van der Waals surface area contributed by atoms with Gasteiger partial charge in [0.15, 0.2) is 4.90 Å². The Morgan fingerprint density at radius 3 is 2.97 bits per heavy atom. The van der Waals surface area contributed by atoms with Crippen LogP contribution in [0, 0.1) is 0 Å². The molecule has 3 aliphatic rings. The third-order valence-corrected chi connectivity index (χ3v) is 7.28. The van der Waals surface area contributed by atoms with E-state index in [-0.39, 0.29) is 23.9 Å². The van der Waals surface area contributed by atoms with Crippen LogP contribution in [0.25, 0.3) is 0 Å². The number of urea groups is 1. The van der Waals surface area contributed by atoms with Crippen molar-refractivity contribution in [3.63, 3.8) is 0 Å². The molecule has 0 spiro atoms. The molecular weight excluding hydrogens is 410 g/mol. The molecule has 1 aliphatic heterocycles. The predicted molar refractivity (Wildman–Crippen MR) is 106 cm³/mol. The summed E-state index contributed by atoms with van der Waals surface area (Å²) < 4.78 is 34.2. The van der Waals surface area contributed by atoms with Gasteiger partial charge in [-0.15, -0.1) is 0 Å². The third kappa shape index (κ3) is 3.12. The van der Waals surface area contributed by atoms with E-state index in [1.165, 1.54) is 4.68 Å². The Kier molecular flexibility index (Phi) is 4.47. The Morgan fingerprint density at radius 2 is 2.13 bits per heavy atom. The molecule has 0 radical (unpaired) electrons. The van der Waals surface area contributed by atoms with Crippen molar-refractivity contribution in [2.24, 2.45) is 0 Å². The molecular formula is C19H23N5O5S. The van der Waals surface area contributed by atoms with Crippen LogP contribution in [-0.2, 0) is 35.8 Å². The average Bonchev–Trinajstić information content (AvgIpc) is 3.40. The Morgan fingerprint density at radius 1 is 1.30 bits per heavy atom. The quantitative estimate of drug-likeness (QED) is 0.659. The maximum Gasteiger partial charge on any atom is 0.333 e. The number of hydrogen-bond donors (Lipinski definition) is 3.